The van der Waals surface area contributed by atoms with E-state index in [9.17, 15) is 5.11 Å². The Kier molecular flexibility index (Phi) is 5.98. The van der Waals surface area contributed by atoms with Gasteiger partial charge in [0, 0.05) is 19.6 Å². The van der Waals surface area contributed by atoms with Crippen LogP contribution in [0.5, 0.6) is 0 Å². The zero-order valence-electron chi connectivity index (χ0n) is 12.7. The van der Waals surface area contributed by atoms with Gasteiger partial charge in [-0.05, 0) is 38.0 Å². The molecule has 5 nitrogen and oxygen atoms in total. The molecule has 20 heavy (non-hydrogen) atoms. The molecule has 2 rings (SSSR count). The van der Waals surface area contributed by atoms with E-state index in [1.165, 1.54) is 12.8 Å². The third-order valence-corrected chi connectivity index (χ3v) is 3.75. The van der Waals surface area contributed by atoms with Crippen molar-refractivity contribution in [1.82, 2.24) is 14.8 Å². The maximum absolute atomic E-state index is 10.2. The van der Waals surface area contributed by atoms with E-state index in [0.717, 1.165) is 38.2 Å². The van der Waals surface area contributed by atoms with Gasteiger partial charge < -0.3 is 9.84 Å². The Hall–Kier alpha value is -0.940. The molecule has 0 amide bonds. The zero-order valence-corrected chi connectivity index (χ0v) is 12.7. The number of hydrogen-bond donors (Lipinski definition) is 1. The fourth-order valence-corrected chi connectivity index (χ4v) is 2.67. The summed E-state index contributed by atoms with van der Waals surface area (Å²) in [6.07, 6.45) is 7.44. The maximum Gasteiger partial charge on any atom is 0.138 e. The van der Waals surface area contributed by atoms with Gasteiger partial charge in [0.15, 0.2) is 0 Å². The molecule has 114 valence electrons. The molecular weight excluding hydrogens is 254 g/mol. The molecule has 1 aliphatic heterocycles. The van der Waals surface area contributed by atoms with Crippen LogP contribution in [-0.2, 0) is 17.7 Å². The molecule has 1 fully saturated rings. The van der Waals surface area contributed by atoms with Gasteiger partial charge >= 0.3 is 0 Å². The summed E-state index contributed by atoms with van der Waals surface area (Å²) in [7, 11) is 0. The quantitative estimate of drug-likeness (QED) is 0.832. The number of aliphatic hydroxyl groups excluding tert-OH is 1. The fraction of sp³-hybridized carbons (Fsp3) is 0.867. The molecule has 0 radical (unpaired) electrons. The Morgan fingerprint density at radius 1 is 1.45 bits per heavy atom. The molecule has 0 saturated carbocycles. The van der Waals surface area contributed by atoms with Gasteiger partial charge in [-0.2, -0.15) is 5.10 Å². The molecule has 2 atom stereocenters. The second-order valence-electron chi connectivity index (χ2n) is 6.18. The van der Waals surface area contributed by atoms with E-state index >= 15 is 0 Å². The average molecular weight is 281 g/mol. The molecule has 1 aromatic heterocycles. The molecule has 1 N–H and O–H groups in total. The molecule has 1 aromatic rings. The van der Waals surface area contributed by atoms with Crippen LogP contribution in [0.4, 0.5) is 0 Å². The minimum absolute atomic E-state index is 0.340. The van der Waals surface area contributed by atoms with Crippen LogP contribution in [0.2, 0.25) is 0 Å². The van der Waals surface area contributed by atoms with Crippen LogP contribution in [0.3, 0.4) is 0 Å². The van der Waals surface area contributed by atoms with Gasteiger partial charge in [-0.25, -0.2) is 9.67 Å². The Morgan fingerprint density at radius 2 is 2.30 bits per heavy atom. The molecule has 2 heterocycles. The van der Waals surface area contributed by atoms with E-state index in [1.54, 1.807) is 6.33 Å². The Balaban J connectivity index is 1.76. The number of aromatic nitrogens is 3. The summed E-state index contributed by atoms with van der Waals surface area (Å²) >= 11 is 0. The Labute approximate surface area is 121 Å². The summed E-state index contributed by atoms with van der Waals surface area (Å²) in [6, 6.07) is 0. The fourth-order valence-electron chi connectivity index (χ4n) is 2.67. The Bertz CT molecular complexity index is 386. The van der Waals surface area contributed by atoms with Crippen molar-refractivity contribution in [2.75, 3.05) is 6.61 Å². The maximum atomic E-state index is 10.2. The first kappa shape index (κ1) is 15.4. The van der Waals surface area contributed by atoms with Crippen molar-refractivity contribution < 1.29 is 9.84 Å². The highest BCUT2D eigenvalue weighted by atomic mass is 16.5. The van der Waals surface area contributed by atoms with Crippen LogP contribution in [0, 0.1) is 5.92 Å². The monoisotopic (exact) mass is 281 g/mol. The SMILES string of the molecule is CC(C)Cn1ncnc1CC(O)CCC1CCCCO1. The van der Waals surface area contributed by atoms with E-state index in [4.69, 9.17) is 4.74 Å². The van der Waals surface area contributed by atoms with Crippen molar-refractivity contribution in [1.29, 1.82) is 0 Å². The highest BCUT2D eigenvalue weighted by molar-refractivity contribution is 4.88. The summed E-state index contributed by atoms with van der Waals surface area (Å²) in [5, 5.41) is 14.4. The van der Waals surface area contributed by atoms with Crippen LogP contribution in [0.1, 0.15) is 51.8 Å². The highest BCUT2D eigenvalue weighted by Gasteiger charge is 2.17. The van der Waals surface area contributed by atoms with Crippen LogP contribution in [0.15, 0.2) is 6.33 Å². The third-order valence-electron chi connectivity index (χ3n) is 3.75. The molecule has 2 unspecified atom stereocenters. The van der Waals surface area contributed by atoms with Gasteiger partial charge in [0.1, 0.15) is 12.2 Å². The Morgan fingerprint density at radius 3 is 3.00 bits per heavy atom. The summed E-state index contributed by atoms with van der Waals surface area (Å²) in [5.41, 5.74) is 0. The minimum atomic E-state index is -0.351. The van der Waals surface area contributed by atoms with E-state index in [2.05, 4.69) is 23.9 Å². The first-order valence-electron chi connectivity index (χ1n) is 7.81. The summed E-state index contributed by atoms with van der Waals surface area (Å²) in [5.74, 6) is 1.42. The lowest BCUT2D eigenvalue weighted by Gasteiger charge is -2.23. The molecule has 1 aliphatic rings. The molecule has 0 spiro atoms. The first-order chi connectivity index (χ1) is 9.65. The molecule has 0 bridgehead atoms. The summed E-state index contributed by atoms with van der Waals surface area (Å²) < 4.78 is 7.60. The lowest BCUT2D eigenvalue weighted by Crippen LogP contribution is -2.23. The number of hydrogen-bond acceptors (Lipinski definition) is 4. The zero-order chi connectivity index (χ0) is 14.4. The van der Waals surface area contributed by atoms with Crippen LogP contribution in [0.25, 0.3) is 0 Å². The highest BCUT2D eigenvalue weighted by Crippen LogP contribution is 2.18. The van der Waals surface area contributed by atoms with Gasteiger partial charge in [-0.1, -0.05) is 13.8 Å². The molecule has 0 aromatic carbocycles. The van der Waals surface area contributed by atoms with Crippen molar-refractivity contribution in [2.24, 2.45) is 5.92 Å². The number of ether oxygens (including phenoxy) is 1. The van der Waals surface area contributed by atoms with Gasteiger partial charge in [-0.15, -0.1) is 0 Å². The molecule has 1 saturated heterocycles. The molecular formula is C15H27N3O2. The lowest BCUT2D eigenvalue weighted by molar-refractivity contribution is 0.00215. The lowest BCUT2D eigenvalue weighted by atomic mass is 10.0. The third kappa shape index (κ3) is 4.87. The van der Waals surface area contributed by atoms with E-state index in [0.29, 0.717) is 18.4 Å². The second kappa shape index (κ2) is 7.74. The summed E-state index contributed by atoms with van der Waals surface area (Å²) in [6.45, 7) is 6.04. The van der Waals surface area contributed by atoms with E-state index < -0.39 is 0 Å². The standard InChI is InChI=1S/C15H27N3O2/c1-12(2)10-18-15(16-11-17-18)9-13(19)6-7-14-5-3-4-8-20-14/h11-14,19H,3-10H2,1-2H3. The van der Waals surface area contributed by atoms with Gasteiger partial charge in [-0.3, -0.25) is 0 Å². The van der Waals surface area contributed by atoms with Gasteiger partial charge in [0.2, 0.25) is 0 Å². The van der Waals surface area contributed by atoms with Crippen molar-refractivity contribution >= 4 is 0 Å². The van der Waals surface area contributed by atoms with Crippen LogP contribution < -0.4 is 0 Å². The largest absolute Gasteiger partial charge is 0.393 e. The smallest absolute Gasteiger partial charge is 0.138 e. The van der Waals surface area contributed by atoms with E-state index in [-0.39, 0.29) is 6.10 Å². The number of rotatable bonds is 7. The normalized spacial score (nSPS) is 21.3. The number of nitrogens with zero attached hydrogens (tertiary/aromatic N) is 3. The average Bonchev–Trinajstić information content (AvgIpc) is 2.84. The minimum Gasteiger partial charge on any atom is -0.393 e. The predicted molar refractivity (Wildman–Crippen MR) is 77.4 cm³/mol. The second-order valence-corrected chi connectivity index (χ2v) is 6.18. The van der Waals surface area contributed by atoms with Crippen LogP contribution >= 0.6 is 0 Å². The van der Waals surface area contributed by atoms with Crippen molar-refractivity contribution in [2.45, 2.75) is 71.1 Å². The topological polar surface area (TPSA) is 60.2 Å². The van der Waals surface area contributed by atoms with Crippen molar-refractivity contribution in [3.8, 4) is 0 Å². The molecule has 5 heteroatoms. The predicted octanol–water partition coefficient (Wildman–Crippen LogP) is 2.19. The van der Waals surface area contributed by atoms with Crippen LogP contribution in [-0.4, -0.2) is 38.7 Å². The van der Waals surface area contributed by atoms with Crippen molar-refractivity contribution in [3.05, 3.63) is 12.2 Å². The first-order valence-corrected chi connectivity index (χ1v) is 7.81. The van der Waals surface area contributed by atoms with E-state index in [1.807, 2.05) is 4.68 Å². The van der Waals surface area contributed by atoms with Crippen molar-refractivity contribution in [3.63, 3.8) is 0 Å². The molecule has 0 aliphatic carbocycles. The van der Waals surface area contributed by atoms with Gasteiger partial charge in [0.25, 0.3) is 0 Å². The number of aliphatic hydroxyl groups is 1. The summed E-state index contributed by atoms with van der Waals surface area (Å²) in [4.78, 5) is 4.26. The van der Waals surface area contributed by atoms with Gasteiger partial charge in [0.05, 0.1) is 12.2 Å².